The maximum atomic E-state index is 4.62. The summed E-state index contributed by atoms with van der Waals surface area (Å²) in [7, 11) is 2.00. The molecule has 2 fully saturated rings. The fourth-order valence-corrected chi connectivity index (χ4v) is 2.47. The molecule has 3 rings (SSSR count). The van der Waals surface area contributed by atoms with Crippen LogP contribution < -0.4 is 5.32 Å². The molecule has 1 heterocycles. The lowest BCUT2D eigenvalue weighted by Gasteiger charge is -2.10. The molecule has 0 atom stereocenters. The van der Waals surface area contributed by atoms with Crippen molar-refractivity contribution in [2.75, 3.05) is 0 Å². The van der Waals surface area contributed by atoms with E-state index in [-0.39, 0.29) is 0 Å². The van der Waals surface area contributed by atoms with E-state index in [1.807, 2.05) is 11.7 Å². The van der Waals surface area contributed by atoms with Crippen LogP contribution in [0.2, 0.25) is 0 Å². The summed E-state index contributed by atoms with van der Waals surface area (Å²) < 4.78 is 1.94. The summed E-state index contributed by atoms with van der Waals surface area (Å²) in [5.74, 6) is 2.81. The molecule has 0 unspecified atom stereocenters. The summed E-state index contributed by atoms with van der Waals surface area (Å²) in [6.45, 7) is 0.876. The minimum atomic E-state index is 0.659. The Morgan fingerprint density at radius 3 is 2.69 bits per heavy atom. The van der Waals surface area contributed by atoms with Crippen molar-refractivity contribution in [1.82, 2.24) is 20.1 Å². The van der Waals surface area contributed by atoms with E-state index in [0.717, 1.165) is 18.2 Å². The molecule has 16 heavy (non-hydrogen) atoms. The molecule has 1 aromatic heterocycles. The summed E-state index contributed by atoms with van der Waals surface area (Å²) in [6.07, 6.45) is 7.97. The quantitative estimate of drug-likeness (QED) is 0.840. The molecule has 0 aliphatic heterocycles. The van der Waals surface area contributed by atoms with Crippen LogP contribution in [0.3, 0.4) is 0 Å². The zero-order valence-electron chi connectivity index (χ0n) is 9.95. The molecule has 2 aliphatic carbocycles. The SMILES string of the molecule is Cn1nc(C2CC2)nc1CNC1CCCC1. The van der Waals surface area contributed by atoms with Crippen molar-refractivity contribution in [3.05, 3.63) is 11.6 Å². The van der Waals surface area contributed by atoms with Gasteiger partial charge in [-0.3, -0.25) is 4.68 Å². The Morgan fingerprint density at radius 2 is 2.00 bits per heavy atom. The molecule has 4 heteroatoms. The highest BCUT2D eigenvalue weighted by Crippen LogP contribution is 2.37. The van der Waals surface area contributed by atoms with Crippen LogP contribution in [0.25, 0.3) is 0 Å². The lowest BCUT2D eigenvalue weighted by atomic mass is 10.2. The third-order valence-corrected chi connectivity index (χ3v) is 3.72. The molecule has 0 bridgehead atoms. The molecular formula is C12H20N4. The first-order chi connectivity index (χ1) is 7.83. The number of rotatable bonds is 4. The van der Waals surface area contributed by atoms with Crippen LogP contribution in [0.5, 0.6) is 0 Å². The predicted molar refractivity (Wildman–Crippen MR) is 62.1 cm³/mol. The number of aryl methyl sites for hydroxylation is 1. The normalized spacial score (nSPS) is 21.8. The topological polar surface area (TPSA) is 42.7 Å². The predicted octanol–water partition coefficient (Wildman–Crippen LogP) is 1.72. The van der Waals surface area contributed by atoms with Crippen LogP contribution in [0.15, 0.2) is 0 Å². The maximum absolute atomic E-state index is 4.62. The Kier molecular flexibility index (Phi) is 2.67. The van der Waals surface area contributed by atoms with Crippen molar-refractivity contribution >= 4 is 0 Å². The average molecular weight is 220 g/mol. The van der Waals surface area contributed by atoms with Gasteiger partial charge >= 0.3 is 0 Å². The Morgan fingerprint density at radius 1 is 1.25 bits per heavy atom. The lowest BCUT2D eigenvalue weighted by Crippen LogP contribution is -2.26. The highest BCUT2D eigenvalue weighted by Gasteiger charge is 2.28. The van der Waals surface area contributed by atoms with Crippen LogP contribution in [-0.4, -0.2) is 20.8 Å². The summed E-state index contributed by atoms with van der Waals surface area (Å²) in [5, 5.41) is 8.07. The van der Waals surface area contributed by atoms with Gasteiger partial charge in [0.15, 0.2) is 5.82 Å². The molecule has 4 nitrogen and oxygen atoms in total. The number of hydrogen-bond donors (Lipinski definition) is 1. The fraction of sp³-hybridized carbons (Fsp3) is 0.833. The van der Waals surface area contributed by atoms with Gasteiger partial charge in [0.2, 0.25) is 0 Å². The van der Waals surface area contributed by atoms with E-state index in [4.69, 9.17) is 0 Å². The van der Waals surface area contributed by atoms with Crippen molar-refractivity contribution < 1.29 is 0 Å². The van der Waals surface area contributed by atoms with Crippen LogP contribution in [0.1, 0.15) is 56.1 Å². The Labute approximate surface area is 96.4 Å². The van der Waals surface area contributed by atoms with Gasteiger partial charge in [-0.05, 0) is 25.7 Å². The summed E-state index contributed by atoms with van der Waals surface area (Å²) in [5.41, 5.74) is 0. The third-order valence-electron chi connectivity index (χ3n) is 3.72. The average Bonchev–Trinajstić information content (AvgIpc) is 2.86. The largest absolute Gasteiger partial charge is 0.307 e. The highest BCUT2D eigenvalue weighted by molar-refractivity contribution is 5.06. The van der Waals surface area contributed by atoms with Gasteiger partial charge in [0.25, 0.3) is 0 Å². The molecule has 2 aliphatic rings. The molecule has 0 amide bonds. The first-order valence-corrected chi connectivity index (χ1v) is 6.46. The molecule has 0 radical (unpaired) electrons. The van der Waals surface area contributed by atoms with Gasteiger partial charge in [0.05, 0.1) is 6.54 Å². The van der Waals surface area contributed by atoms with Gasteiger partial charge in [-0.1, -0.05) is 12.8 Å². The number of nitrogens with one attached hydrogen (secondary N) is 1. The molecule has 0 spiro atoms. The highest BCUT2D eigenvalue weighted by atomic mass is 15.3. The van der Waals surface area contributed by atoms with E-state index in [0.29, 0.717) is 12.0 Å². The first-order valence-electron chi connectivity index (χ1n) is 6.46. The van der Waals surface area contributed by atoms with Crippen LogP contribution in [-0.2, 0) is 13.6 Å². The Balaban J connectivity index is 1.60. The standard InChI is InChI=1S/C12H20N4/c1-16-11(8-13-10-4-2-3-5-10)14-12(15-16)9-6-7-9/h9-10,13H,2-8H2,1H3. The van der Waals surface area contributed by atoms with E-state index in [2.05, 4.69) is 15.4 Å². The van der Waals surface area contributed by atoms with Crippen LogP contribution in [0.4, 0.5) is 0 Å². The summed E-state index contributed by atoms with van der Waals surface area (Å²) >= 11 is 0. The van der Waals surface area contributed by atoms with Crippen LogP contribution >= 0.6 is 0 Å². The number of nitrogens with zero attached hydrogens (tertiary/aromatic N) is 3. The van der Waals surface area contributed by atoms with Gasteiger partial charge in [-0.15, -0.1) is 0 Å². The smallest absolute Gasteiger partial charge is 0.154 e. The second-order valence-electron chi connectivity index (χ2n) is 5.15. The third kappa shape index (κ3) is 2.12. The van der Waals surface area contributed by atoms with Crippen molar-refractivity contribution in [3.63, 3.8) is 0 Å². The summed E-state index contributed by atoms with van der Waals surface area (Å²) in [4.78, 5) is 4.62. The first kappa shape index (κ1) is 10.3. The zero-order chi connectivity index (χ0) is 11.0. The number of hydrogen-bond acceptors (Lipinski definition) is 3. The fourth-order valence-electron chi connectivity index (χ4n) is 2.47. The summed E-state index contributed by atoms with van der Waals surface area (Å²) in [6, 6.07) is 0.709. The molecule has 1 N–H and O–H groups in total. The Hall–Kier alpha value is -0.900. The van der Waals surface area contributed by atoms with E-state index < -0.39 is 0 Å². The van der Waals surface area contributed by atoms with Crippen molar-refractivity contribution in [2.24, 2.45) is 7.05 Å². The molecule has 2 saturated carbocycles. The molecule has 0 aromatic carbocycles. The molecular weight excluding hydrogens is 200 g/mol. The van der Waals surface area contributed by atoms with E-state index in [1.165, 1.54) is 38.5 Å². The van der Waals surface area contributed by atoms with Gasteiger partial charge in [-0.2, -0.15) is 5.10 Å². The minimum Gasteiger partial charge on any atom is -0.307 e. The van der Waals surface area contributed by atoms with Crippen molar-refractivity contribution in [3.8, 4) is 0 Å². The second kappa shape index (κ2) is 4.17. The van der Waals surface area contributed by atoms with Gasteiger partial charge in [0.1, 0.15) is 5.82 Å². The van der Waals surface area contributed by atoms with E-state index in [9.17, 15) is 0 Å². The minimum absolute atomic E-state index is 0.659. The van der Waals surface area contributed by atoms with Crippen LogP contribution in [0, 0.1) is 0 Å². The van der Waals surface area contributed by atoms with Gasteiger partial charge < -0.3 is 5.32 Å². The molecule has 1 aromatic rings. The molecule has 88 valence electrons. The van der Waals surface area contributed by atoms with E-state index >= 15 is 0 Å². The Bertz CT molecular complexity index is 361. The zero-order valence-corrected chi connectivity index (χ0v) is 9.95. The van der Waals surface area contributed by atoms with Crippen molar-refractivity contribution in [2.45, 2.75) is 57.0 Å². The lowest BCUT2D eigenvalue weighted by molar-refractivity contribution is 0.502. The van der Waals surface area contributed by atoms with Gasteiger partial charge in [0, 0.05) is 19.0 Å². The van der Waals surface area contributed by atoms with Crippen molar-refractivity contribution in [1.29, 1.82) is 0 Å². The maximum Gasteiger partial charge on any atom is 0.154 e. The van der Waals surface area contributed by atoms with E-state index in [1.54, 1.807) is 0 Å². The second-order valence-corrected chi connectivity index (χ2v) is 5.15. The number of aromatic nitrogens is 3. The molecule has 0 saturated heterocycles. The van der Waals surface area contributed by atoms with Gasteiger partial charge in [-0.25, -0.2) is 4.98 Å². The monoisotopic (exact) mass is 220 g/mol.